The molecule has 0 radical (unpaired) electrons. The fourth-order valence-electron chi connectivity index (χ4n) is 2.77. The highest BCUT2D eigenvalue weighted by Gasteiger charge is 2.22. The van der Waals surface area contributed by atoms with Crippen LogP contribution >= 0.6 is 0 Å². The number of amides is 1. The molecule has 2 aromatic carbocycles. The monoisotopic (exact) mass is 370 g/mol. The molecule has 2 aromatic rings. The van der Waals surface area contributed by atoms with Crippen LogP contribution in [0.4, 0.5) is 5.69 Å². The Labute approximate surface area is 159 Å². The van der Waals surface area contributed by atoms with Crippen molar-refractivity contribution in [2.45, 2.75) is 32.2 Å². The maximum atomic E-state index is 12.6. The molecule has 1 atom stereocenters. The van der Waals surface area contributed by atoms with Crippen molar-refractivity contribution in [2.24, 2.45) is 0 Å². The Morgan fingerprint density at radius 1 is 1.07 bits per heavy atom. The van der Waals surface area contributed by atoms with Crippen LogP contribution in [0.2, 0.25) is 0 Å². The minimum Gasteiger partial charge on any atom is -0.497 e. The van der Waals surface area contributed by atoms with Gasteiger partial charge in [-0.2, -0.15) is 0 Å². The fraction of sp³-hybridized carbons (Fsp3) is 0.333. The van der Waals surface area contributed by atoms with Gasteiger partial charge in [-0.15, -0.1) is 0 Å². The topological polar surface area (TPSA) is 90.6 Å². The number of benzene rings is 2. The van der Waals surface area contributed by atoms with Crippen molar-refractivity contribution >= 4 is 17.6 Å². The predicted molar refractivity (Wildman–Crippen MR) is 106 cm³/mol. The lowest BCUT2D eigenvalue weighted by Gasteiger charge is -2.17. The van der Waals surface area contributed by atoms with E-state index in [9.17, 15) is 9.59 Å². The molecule has 0 saturated carbocycles. The number of ether oxygens (including phenoxy) is 2. The van der Waals surface area contributed by atoms with Crippen molar-refractivity contribution < 1.29 is 19.1 Å². The molecule has 0 aromatic heterocycles. The van der Waals surface area contributed by atoms with Gasteiger partial charge in [0.25, 0.3) is 5.91 Å². The zero-order valence-corrected chi connectivity index (χ0v) is 16.0. The van der Waals surface area contributed by atoms with Gasteiger partial charge in [0.1, 0.15) is 11.8 Å². The van der Waals surface area contributed by atoms with Crippen molar-refractivity contribution in [1.29, 1.82) is 0 Å². The first-order chi connectivity index (χ1) is 13.0. The van der Waals surface area contributed by atoms with Gasteiger partial charge in [-0.3, -0.25) is 4.79 Å². The lowest BCUT2D eigenvalue weighted by atomic mass is 10.0. The van der Waals surface area contributed by atoms with Gasteiger partial charge in [0.05, 0.1) is 19.8 Å². The van der Waals surface area contributed by atoms with Gasteiger partial charge in [0.15, 0.2) is 0 Å². The SMILES string of the molecule is CCCC[C@@H](NC(=O)c1ccc(-c2ccc(OC)cc2)cc1N)C(=O)OC. The highest BCUT2D eigenvalue weighted by Crippen LogP contribution is 2.26. The van der Waals surface area contributed by atoms with Crippen LogP contribution in [0, 0.1) is 0 Å². The number of hydrogen-bond acceptors (Lipinski definition) is 5. The summed E-state index contributed by atoms with van der Waals surface area (Å²) in [5.74, 6) is -0.0749. The molecule has 2 rings (SSSR count). The van der Waals surface area contributed by atoms with Crippen LogP contribution in [0.5, 0.6) is 5.75 Å². The Kier molecular flexibility index (Phi) is 7.23. The Balaban J connectivity index is 2.17. The molecule has 0 fully saturated rings. The Morgan fingerprint density at radius 3 is 2.30 bits per heavy atom. The summed E-state index contributed by atoms with van der Waals surface area (Å²) >= 11 is 0. The van der Waals surface area contributed by atoms with E-state index < -0.39 is 12.0 Å². The smallest absolute Gasteiger partial charge is 0.328 e. The van der Waals surface area contributed by atoms with Crippen LogP contribution in [0.15, 0.2) is 42.5 Å². The number of anilines is 1. The quantitative estimate of drug-likeness (QED) is 0.549. The van der Waals surface area contributed by atoms with Crippen molar-refractivity contribution in [1.82, 2.24) is 5.32 Å². The second-order valence-corrected chi connectivity index (χ2v) is 6.22. The molecule has 0 unspecified atom stereocenters. The zero-order valence-electron chi connectivity index (χ0n) is 16.0. The molecule has 0 heterocycles. The van der Waals surface area contributed by atoms with E-state index >= 15 is 0 Å². The molecule has 144 valence electrons. The summed E-state index contributed by atoms with van der Waals surface area (Å²) in [7, 11) is 2.92. The van der Waals surface area contributed by atoms with Crippen LogP contribution in [0.3, 0.4) is 0 Å². The van der Waals surface area contributed by atoms with Gasteiger partial charge in [0, 0.05) is 5.69 Å². The zero-order chi connectivity index (χ0) is 19.8. The van der Waals surface area contributed by atoms with E-state index in [4.69, 9.17) is 15.2 Å². The van der Waals surface area contributed by atoms with Gasteiger partial charge in [-0.05, 0) is 41.8 Å². The minimum absolute atomic E-state index is 0.331. The second-order valence-electron chi connectivity index (χ2n) is 6.22. The van der Waals surface area contributed by atoms with Gasteiger partial charge in [0.2, 0.25) is 0 Å². The molecule has 0 aliphatic rings. The van der Waals surface area contributed by atoms with Gasteiger partial charge >= 0.3 is 5.97 Å². The number of esters is 1. The van der Waals surface area contributed by atoms with E-state index in [0.717, 1.165) is 29.7 Å². The first-order valence-corrected chi connectivity index (χ1v) is 8.92. The summed E-state index contributed by atoms with van der Waals surface area (Å²) in [6.45, 7) is 2.02. The molecule has 0 aliphatic heterocycles. The number of methoxy groups -OCH3 is 2. The van der Waals surface area contributed by atoms with Gasteiger partial charge < -0.3 is 20.5 Å². The number of nitrogens with one attached hydrogen (secondary N) is 1. The molecule has 6 nitrogen and oxygen atoms in total. The number of carbonyl (C=O) groups excluding carboxylic acids is 2. The van der Waals surface area contributed by atoms with E-state index in [-0.39, 0.29) is 5.91 Å². The van der Waals surface area contributed by atoms with Crippen LogP contribution in [0.25, 0.3) is 11.1 Å². The van der Waals surface area contributed by atoms with Crippen LogP contribution in [-0.4, -0.2) is 32.1 Å². The molecule has 0 saturated heterocycles. The second kappa shape index (κ2) is 9.62. The molecule has 0 aliphatic carbocycles. The van der Waals surface area contributed by atoms with E-state index in [2.05, 4.69) is 5.32 Å². The first kappa shape index (κ1) is 20.3. The average Bonchev–Trinajstić information content (AvgIpc) is 2.70. The number of carbonyl (C=O) groups is 2. The largest absolute Gasteiger partial charge is 0.497 e. The third-order valence-corrected chi connectivity index (χ3v) is 4.36. The summed E-state index contributed by atoms with van der Waals surface area (Å²) < 4.78 is 9.93. The molecular weight excluding hydrogens is 344 g/mol. The highest BCUT2D eigenvalue weighted by atomic mass is 16.5. The normalized spacial score (nSPS) is 11.5. The summed E-state index contributed by atoms with van der Waals surface area (Å²) in [5, 5.41) is 2.72. The van der Waals surface area contributed by atoms with Crippen LogP contribution in [-0.2, 0) is 9.53 Å². The number of unbranched alkanes of at least 4 members (excludes halogenated alkanes) is 1. The lowest BCUT2D eigenvalue weighted by molar-refractivity contribution is -0.143. The Hall–Kier alpha value is -3.02. The molecule has 0 spiro atoms. The number of nitrogen functional groups attached to an aromatic ring is 1. The van der Waals surface area contributed by atoms with Gasteiger partial charge in [-0.1, -0.05) is 38.0 Å². The van der Waals surface area contributed by atoms with Crippen molar-refractivity contribution in [3.8, 4) is 16.9 Å². The third kappa shape index (κ3) is 5.23. The molecule has 27 heavy (non-hydrogen) atoms. The summed E-state index contributed by atoms with van der Waals surface area (Å²) in [6, 6.07) is 12.1. The number of hydrogen-bond donors (Lipinski definition) is 2. The standard InChI is InChI=1S/C21H26N2O4/c1-4-5-6-19(21(25)27-3)23-20(24)17-12-9-15(13-18(17)22)14-7-10-16(26-2)11-8-14/h7-13,19H,4-6,22H2,1-3H3,(H,23,24)/t19-/m1/s1. The summed E-state index contributed by atoms with van der Waals surface area (Å²) in [5.41, 5.74) is 8.63. The Morgan fingerprint density at radius 2 is 1.74 bits per heavy atom. The average molecular weight is 370 g/mol. The minimum atomic E-state index is -0.678. The van der Waals surface area contributed by atoms with E-state index in [1.807, 2.05) is 37.3 Å². The van der Waals surface area contributed by atoms with Crippen molar-refractivity contribution in [2.75, 3.05) is 20.0 Å². The Bertz CT molecular complexity index is 787. The molecule has 0 bridgehead atoms. The molecule has 1 amide bonds. The summed E-state index contributed by atoms with van der Waals surface area (Å²) in [6.07, 6.45) is 2.26. The summed E-state index contributed by atoms with van der Waals surface area (Å²) in [4.78, 5) is 24.5. The van der Waals surface area contributed by atoms with Crippen LogP contribution in [0.1, 0.15) is 36.5 Å². The maximum absolute atomic E-state index is 12.6. The van der Waals surface area contributed by atoms with Crippen molar-refractivity contribution in [3.63, 3.8) is 0 Å². The fourth-order valence-corrected chi connectivity index (χ4v) is 2.77. The van der Waals surface area contributed by atoms with E-state index in [1.165, 1.54) is 7.11 Å². The molecule has 6 heteroatoms. The van der Waals surface area contributed by atoms with Crippen LogP contribution < -0.4 is 15.8 Å². The number of rotatable bonds is 8. The van der Waals surface area contributed by atoms with Gasteiger partial charge in [-0.25, -0.2) is 4.79 Å². The maximum Gasteiger partial charge on any atom is 0.328 e. The lowest BCUT2D eigenvalue weighted by Crippen LogP contribution is -2.41. The predicted octanol–water partition coefficient (Wildman–Crippen LogP) is 3.41. The molecule has 3 N–H and O–H groups in total. The molecular formula is C21H26N2O4. The highest BCUT2D eigenvalue weighted by molar-refractivity contribution is 6.01. The van der Waals surface area contributed by atoms with Crippen molar-refractivity contribution in [3.05, 3.63) is 48.0 Å². The third-order valence-electron chi connectivity index (χ3n) is 4.36. The van der Waals surface area contributed by atoms with E-state index in [0.29, 0.717) is 17.7 Å². The number of nitrogens with two attached hydrogens (primary N) is 1. The van der Waals surface area contributed by atoms with E-state index in [1.54, 1.807) is 19.2 Å². The first-order valence-electron chi connectivity index (χ1n) is 8.92.